The molecular formula is C10H16O2. The highest BCUT2D eigenvalue weighted by Gasteiger charge is 2.08. The molecule has 0 aromatic rings. The van der Waals surface area contributed by atoms with Crippen LogP contribution in [0.4, 0.5) is 0 Å². The Morgan fingerprint density at radius 3 is 3.08 bits per heavy atom. The second-order valence-corrected chi connectivity index (χ2v) is 2.95. The fourth-order valence-electron chi connectivity index (χ4n) is 1.18. The minimum atomic E-state index is 0.269. The molecule has 0 saturated carbocycles. The molecule has 1 atom stereocenters. The average molecular weight is 168 g/mol. The van der Waals surface area contributed by atoms with Crippen molar-refractivity contribution in [1.82, 2.24) is 0 Å². The Labute approximate surface area is 73.9 Å². The predicted octanol–water partition coefficient (Wildman–Crippen LogP) is 2.27. The summed E-state index contributed by atoms with van der Waals surface area (Å²) in [4.78, 5) is 0. The van der Waals surface area contributed by atoms with Gasteiger partial charge in [0.25, 0.3) is 0 Å². The predicted molar refractivity (Wildman–Crippen MR) is 48.9 cm³/mol. The first-order valence-electron chi connectivity index (χ1n) is 4.33. The van der Waals surface area contributed by atoms with Crippen LogP contribution in [0.25, 0.3) is 0 Å². The van der Waals surface area contributed by atoms with E-state index in [0.717, 1.165) is 6.42 Å². The van der Waals surface area contributed by atoms with E-state index in [4.69, 9.17) is 9.47 Å². The smallest absolute Gasteiger partial charge is 0.114 e. The standard InChI is InChI=1S/C10H16O2/c1-9(11-2)8-12-10-6-4-3-5-7-10/h4,6,10H,1,3,5,7-8H2,2H3. The lowest BCUT2D eigenvalue weighted by molar-refractivity contribution is 0.0663. The van der Waals surface area contributed by atoms with Crippen LogP contribution in [0.3, 0.4) is 0 Å². The zero-order valence-electron chi connectivity index (χ0n) is 7.58. The van der Waals surface area contributed by atoms with Gasteiger partial charge in [-0.05, 0) is 19.3 Å². The number of ether oxygens (including phenoxy) is 2. The maximum atomic E-state index is 5.52. The Kier molecular flexibility index (Phi) is 3.88. The SMILES string of the molecule is C=C(COC1C=CCCC1)OC. The first kappa shape index (κ1) is 9.33. The molecule has 0 N–H and O–H groups in total. The van der Waals surface area contributed by atoms with Crippen LogP contribution in [0.1, 0.15) is 19.3 Å². The molecule has 0 aliphatic heterocycles. The Bertz CT molecular complexity index is 173. The molecule has 2 nitrogen and oxygen atoms in total. The molecule has 1 unspecified atom stereocenters. The number of methoxy groups -OCH3 is 1. The molecule has 1 aliphatic carbocycles. The van der Waals surface area contributed by atoms with Crippen molar-refractivity contribution in [2.45, 2.75) is 25.4 Å². The normalized spacial score (nSPS) is 22.2. The summed E-state index contributed by atoms with van der Waals surface area (Å²) in [6.07, 6.45) is 8.08. The summed E-state index contributed by atoms with van der Waals surface area (Å²) in [7, 11) is 1.61. The largest absolute Gasteiger partial charge is 0.499 e. The van der Waals surface area contributed by atoms with Crippen LogP contribution >= 0.6 is 0 Å². The highest BCUT2D eigenvalue weighted by molar-refractivity contribution is 4.95. The third-order valence-electron chi connectivity index (χ3n) is 1.96. The van der Waals surface area contributed by atoms with E-state index >= 15 is 0 Å². The van der Waals surface area contributed by atoms with E-state index < -0.39 is 0 Å². The molecule has 1 aliphatic rings. The third-order valence-corrected chi connectivity index (χ3v) is 1.96. The van der Waals surface area contributed by atoms with Gasteiger partial charge in [0.05, 0.1) is 13.2 Å². The molecule has 0 saturated heterocycles. The summed E-state index contributed by atoms with van der Waals surface area (Å²) in [5.74, 6) is 0.689. The van der Waals surface area contributed by atoms with Crippen molar-refractivity contribution in [2.75, 3.05) is 13.7 Å². The van der Waals surface area contributed by atoms with E-state index in [0.29, 0.717) is 12.4 Å². The van der Waals surface area contributed by atoms with Gasteiger partial charge in [-0.2, -0.15) is 0 Å². The van der Waals surface area contributed by atoms with Crippen molar-refractivity contribution in [1.29, 1.82) is 0 Å². The van der Waals surface area contributed by atoms with E-state index in [2.05, 4.69) is 18.7 Å². The van der Waals surface area contributed by atoms with Crippen LogP contribution < -0.4 is 0 Å². The van der Waals surface area contributed by atoms with Gasteiger partial charge in [-0.25, -0.2) is 0 Å². The van der Waals surface area contributed by atoms with Crippen LogP contribution in [0.5, 0.6) is 0 Å². The summed E-state index contributed by atoms with van der Waals surface area (Å²) in [5, 5.41) is 0. The topological polar surface area (TPSA) is 18.5 Å². The molecule has 0 amide bonds. The van der Waals surface area contributed by atoms with E-state index in [1.807, 2.05) is 0 Å². The number of hydrogen-bond acceptors (Lipinski definition) is 2. The van der Waals surface area contributed by atoms with Gasteiger partial charge >= 0.3 is 0 Å². The maximum absolute atomic E-state index is 5.52. The van der Waals surface area contributed by atoms with Gasteiger partial charge in [0, 0.05) is 0 Å². The van der Waals surface area contributed by atoms with Crippen LogP contribution in [-0.4, -0.2) is 19.8 Å². The highest BCUT2D eigenvalue weighted by atomic mass is 16.5. The first-order chi connectivity index (χ1) is 5.83. The van der Waals surface area contributed by atoms with Crippen molar-refractivity contribution >= 4 is 0 Å². The van der Waals surface area contributed by atoms with E-state index in [1.54, 1.807) is 7.11 Å². The Morgan fingerprint density at radius 1 is 1.67 bits per heavy atom. The summed E-state index contributed by atoms with van der Waals surface area (Å²) < 4.78 is 10.4. The van der Waals surface area contributed by atoms with Gasteiger partial charge in [-0.3, -0.25) is 0 Å². The quantitative estimate of drug-likeness (QED) is 0.473. The molecule has 0 heterocycles. The number of allylic oxidation sites excluding steroid dienone is 1. The van der Waals surface area contributed by atoms with Gasteiger partial charge in [0.2, 0.25) is 0 Å². The van der Waals surface area contributed by atoms with Crippen LogP contribution in [0.15, 0.2) is 24.5 Å². The Morgan fingerprint density at radius 2 is 2.50 bits per heavy atom. The molecule has 0 radical (unpaired) electrons. The third kappa shape index (κ3) is 3.09. The van der Waals surface area contributed by atoms with Gasteiger partial charge < -0.3 is 9.47 Å². The fraction of sp³-hybridized carbons (Fsp3) is 0.600. The molecule has 68 valence electrons. The molecule has 1 rings (SSSR count). The van der Waals surface area contributed by atoms with Gasteiger partial charge in [0.15, 0.2) is 0 Å². The van der Waals surface area contributed by atoms with Crippen molar-refractivity contribution in [3.8, 4) is 0 Å². The van der Waals surface area contributed by atoms with Gasteiger partial charge in [-0.15, -0.1) is 0 Å². The lowest BCUT2D eigenvalue weighted by atomic mass is 10.1. The van der Waals surface area contributed by atoms with Crippen LogP contribution in [-0.2, 0) is 9.47 Å². The second kappa shape index (κ2) is 4.99. The molecule has 0 aromatic carbocycles. The summed E-state index contributed by atoms with van der Waals surface area (Å²) in [6.45, 7) is 4.19. The van der Waals surface area contributed by atoms with Crippen molar-refractivity contribution < 1.29 is 9.47 Å². The van der Waals surface area contributed by atoms with Crippen molar-refractivity contribution in [2.24, 2.45) is 0 Å². The van der Waals surface area contributed by atoms with E-state index in [1.165, 1.54) is 12.8 Å². The minimum absolute atomic E-state index is 0.269. The lowest BCUT2D eigenvalue weighted by Crippen LogP contribution is -2.14. The van der Waals surface area contributed by atoms with Gasteiger partial charge in [-0.1, -0.05) is 18.7 Å². The molecular weight excluding hydrogens is 152 g/mol. The fourth-order valence-corrected chi connectivity index (χ4v) is 1.18. The Balaban J connectivity index is 2.17. The van der Waals surface area contributed by atoms with Gasteiger partial charge in [0.1, 0.15) is 12.4 Å². The van der Waals surface area contributed by atoms with Crippen molar-refractivity contribution in [3.63, 3.8) is 0 Å². The molecule has 0 spiro atoms. The highest BCUT2D eigenvalue weighted by Crippen LogP contribution is 2.13. The van der Waals surface area contributed by atoms with E-state index in [9.17, 15) is 0 Å². The monoisotopic (exact) mass is 168 g/mol. The minimum Gasteiger partial charge on any atom is -0.499 e. The van der Waals surface area contributed by atoms with Crippen LogP contribution in [0, 0.1) is 0 Å². The summed E-state index contributed by atoms with van der Waals surface area (Å²) in [6, 6.07) is 0. The zero-order valence-corrected chi connectivity index (χ0v) is 7.58. The number of hydrogen-bond donors (Lipinski definition) is 0. The molecule has 0 aromatic heterocycles. The van der Waals surface area contributed by atoms with Crippen LogP contribution in [0.2, 0.25) is 0 Å². The molecule has 0 fully saturated rings. The first-order valence-corrected chi connectivity index (χ1v) is 4.33. The summed E-state index contributed by atoms with van der Waals surface area (Å²) in [5.41, 5.74) is 0. The lowest BCUT2D eigenvalue weighted by Gasteiger charge is -2.17. The second-order valence-electron chi connectivity index (χ2n) is 2.95. The molecule has 12 heavy (non-hydrogen) atoms. The summed E-state index contributed by atoms with van der Waals surface area (Å²) >= 11 is 0. The Hall–Kier alpha value is -0.760. The molecule has 0 bridgehead atoms. The zero-order chi connectivity index (χ0) is 8.81. The average Bonchev–Trinajstić information content (AvgIpc) is 2.16. The van der Waals surface area contributed by atoms with E-state index in [-0.39, 0.29) is 6.10 Å². The molecule has 2 heteroatoms. The maximum Gasteiger partial charge on any atom is 0.114 e. The number of rotatable bonds is 4. The van der Waals surface area contributed by atoms with Crippen molar-refractivity contribution in [3.05, 3.63) is 24.5 Å².